The quantitative estimate of drug-likeness (QED) is 0.728. The van der Waals surface area contributed by atoms with Gasteiger partial charge in [-0.2, -0.15) is 0 Å². The zero-order valence-corrected chi connectivity index (χ0v) is 10.1. The van der Waals surface area contributed by atoms with E-state index in [1.807, 2.05) is 6.92 Å². The summed E-state index contributed by atoms with van der Waals surface area (Å²) in [5, 5.41) is 11.6. The average molecular weight is 227 g/mol. The Morgan fingerprint density at radius 1 is 1.44 bits per heavy atom. The molecule has 0 saturated heterocycles. The molecule has 0 bridgehead atoms. The lowest BCUT2D eigenvalue weighted by atomic mass is 9.82. The summed E-state index contributed by atoms with van der Waals surface area (Å²) in [6.07, 6.45) is 4.66. The summed E-state index contributed by atoms with van der Waals surface area (Å²) in [6.45, 7) is 3.69. The molecule has 2 N–H and O–H groups in total. The van der Waals surface area contributed by atoms with Crippen molar-refractivity contribution in [3.05, 3.63) is 0 Å². The van der Waals surface area contributed by atoms with Gasteiger partial charge in [-0.05, 0) is 32.1 Å². The second-order valence-electron chi connectivity index (χ2n) is 5.03. The summed E-state index contributed by atoms with van der Waals surface area (Å²) in [7, 11) is 0. The van der Waals surface area contributed by atoms with Crippen LogP contribution in [-0.2, 0) is 9.59 Å². The van der Waals surface area contributed by atoms with Crippen LogP contribution in [0.3, 0.4) is 0 Å². The zero-order chi connectivity index (χ0) is 12.2. The lowest BCUT2D eigenvalue weighted by molar-refractivity contribution is -0.139. The van der Waals surface area contributed by atoms with E-state index in [0.717, 1.165) is 12.8 Å². The van der Waals surface area contributed by atoms with Crippen LogP contribution in [0.2, 0.25) is 0 Å². The second kappa shape index (κ2) is 5.32. The van der Waals surface area contributed by atoms with E-state index >= 15 is 0 Å². The number of rotatable bonds is 6. The fourth-order valence-corrected chi connectivity index (χ4v) is 1.94. The zero-order valence-electron chi connectivity index (χ0n) is 10.1. The fraction of sp³-hybridized carbons (Fsp3) is 0.833. The van der Waals surface area contributed by atoms with Crippen LogP contribution in [0.1, 0.15) is 52.4 Å². The summed E-state index contributed by atoms with van der Waals surface area (Å²) in [6, 6.07) is 0. The summed E-state index contributed by atoms with van der Waals surface area (Å²) >= 11 is 0. The number of amides is 1. The van der Waals surface area contributed by atoms with Crippen LogP contribution >= 0.6 is 0 Å². The Bertz CT molecular complexity index is 273. The second-order valence-corrected chi connectivity index (χ2v) is 5.03. The van der Waals surface area contributed by atoms with Crippen LogP contribution in [0, 0.1) is 5.92 Å². The molecule has 0 aromatic heterocycles. The number of hydrogen-bond acceptors (Lipinski definition) is 2. The van der Waals surface area contributed by atoms with E-state index in [2.05, 4.69) is 5.32 Å². The lowest BCUT2D eigenvalue weighted by Crippen LogP contribution is -2.47. The Hall–Kier alpha value is -1.06. The summed E-state index contributed by atoms with van der Waals surface area (Å²) in [5.74, 6) is -0.352. The third kappa shape index (κ3) is 3.83. The van der Waals surface area contributed by atoms with Crippen molar-refractivity contribution < 1.29 is 14.7 Å². The summed E-state index contributed by atoms with van der Waals surface area (Å²) in [4.78, 5) is 22.4. The van der Waals surface area contributed by atoms with Gasteiger partial charge in [0.1, 0.15) is 0 Å². The minimum atomic E-state index is -0.867. The molecular formula is C12H21NO3. The van der Waals surface area contributed by atoms with Crippen molar-refractivity contribution >= 4 is 11.9 Å². The van der Waals surface area contributed by atoms with Crippen LogP contribution in [0.25, 0.3) is 0 Å². The predicted molar refractivity (Wildman–Crippen MR) is 61.0 cm³/mol. The number of carboxylic acid groups (broad SMARTS) is 1. The molecule has 16 heavy (non-hydrogen) atoms. The van der Waals surface area contributed by atoms with Crippen LogP contribution in [-0.4, -0.2) is 22.5 Å². The van der Waals surface area contributed by atoms with Crippen LogP contribution in [0.4, 0.5) is 0 Å². The Balaban J connectivity index is 2.40. The van der Waals surface area contributed by atoms with E-state index in [4.69, 9.17) is 5.11 Å². The molecule has 0 aromatic rings. The number of nitrogens with one attached hydrogen (secondary N) is 1. The van der Waals surface area contributed by atoms with Gasteiger partial charge in [0.25, 0.3) is 0 Å². The van der Waals surface area contributed by atoms with Crippen molar-refractivity contribution in [3.63, 3.8) is 0 Å². The largest absolute Gasteiger partial charge is 0.481 e. The molecule has 1 aliphatic rings. The Labute approximate surface area is 96.4 Å². The molecule has 1 atom stereocenters. The first-order valence-corrected chi connectivity index (χ1v) is 5.98. The molecule has 1 fully saturated rings. The van der Waals surface area contributed by atoms with Crippen molar-refractivity contribution in [2.75, 3.05) is 0 Å². The van der Waals surface area contributed by atoms with E-state index in [0.29, 0.717) is 18.8 Å². The molecule has 1 rings (SSSR count). The molecular weight excluding hydrogens is 206 g/mol. The first kappa shape index (κ1) is 13.0. The van der Waals surface area contributed by atoms with Crippen molar-refractivity contribution in [3.8, 4) is 0 Å². The van der Waals surface area contributed by atoms with E-state index < -0.39 is 11.5 Å². The highest BCUT2D eigenvalue weighted by molar-refractivity contribution is 5.78. The summed E-state index contributed by atoms with van der Waals surface area (Å²) in [5.41, 5.74) is -0.605. The van der Waals surface area contributed by atoms with Gasteiger partial charge < -0.3 is 10.4 Å². The number of carbonyl (C=O) groups is 2. The minimum Gasteiger partial charge on any atom is -0.481 e. The highest BCUT2D eigenvalue weighted by Crippen LogP contribution is 2.29. The predicted octanol–water partition coefficient (Wildman–Crippen LogP) is 1.94. The molecule has 0 aromatic carbocycles. The van der Waals surface area contributed by atoms with Crippen molar-refractivity contribution in [2.24, 2.45) is 5.92 Å². The standard InChI is InChI=1S/C12H21NO3/c1-3-12(2,8-11(15)16)13-10(14)7-9-5-4-6-9/h9H,3-8H2,1-2H3,(H,13,14)(H,15,16). The molecule has 0 spiro atoms. The van der Waals surface area contributed by atoms with Crippen LogP contribution in [0.5, 0.6) is 0 Å². The third-order valence-electron chi connectivity index (χ3n) is 3.46. The Morgan fingerprint density at radius 2 is 2.06 bits per heavy atom. The van der Waals surface area contributed by atoms with E-state index in [1.54, 1.807) is 6.92 Å². The molecule has 0 heterocycles. The van der Waals surface area contributed by atoms with Gasteiger partial charge in [-0.3, -0.25) is 9.59 Å². The molecule has 1 unspecified atom stereocenters. The molecule has 1 aliphatic carbocycles. The molecule has 1 amide bonds. The average Bonchev–Trinajstić information content (AvgIpc) is 2.10. The fourth-order valence-electron chi connectivity index (χ4n) is 1.94. The number of carbonyl (C=O) groups excluding carboxylic acids is 1. The van der Waals surface area contributed by atoms with Crippen LogP contribution < -0.4 is 5.32 Å². The van der Waals surface area contributed by atoms with Gasteiger partial charge in [-0.25, -0.2) is 0 Å². The van der Waals surface area contributed by atoms with E-state index in [1.165, 1.54) is 6.42 Å². The highest BCUT2D eigenvalue weighted by Gasteiger charge is 2.29. The van der Waals surface area contributed by atoms with Gasteiger partial charge in [0.05, 0.1) is 6.42 Å². The Morgan fingerprint density at radius 3 is 2.44 bits per heavy atom. The maximum absolute atomic E-state index is 11.7. The number of aliphatic carboxylic acids is 1. The molecule has 0 radical (unpaired) electrons. The van der Waals surface area contributed by atoms with Crippen molar-refractivity contribution in [1.29, 1.82) is 0 Å². The maximum atomic E-state index is 11.7. The SMILES string of the molecule is CCC(C)(CC(=O)O)NC(=O)CC1CCC1. The maximum Gasteiger partial charge on any atom is 0.305 e. The van der Waals surface area contributed by atoms with Gasteiger partial charge in [-0.1, -0.05) is 13.3 Å². The molecule has 1 saturated carbocycles. The monoisotopic (exact) mass is 227 g/mol. The number of hydrogen-bond donors (Lipinski definition) is 2. The topological polar surface area (TPSA) is 66.4 Å². The normalized spacial score (nSPS) is 19.6. The Kier molecular flexibility index (Phi) is 4.33. The van der Waals surface area contributed by atoms with Gasteiger partial charge in [0.2, 0.25) is 5.91 Å². The van der Waals surface area contributed by atoms with Gasteiger partial charge in [-0.15, -0.1) is 0 Å². The first-order chi connectivity index (χ1) is 7.45. The molecule has 4 nitrogen and oxygen atoms in total. The minimum absolute atomic E-state index is 0.00435. The number of carboxylic acids is 1. The van der Waals surface area contributed by atoms with Crippen molar-refractivity contribution in [1.82, 2.24) is 5.32 Å². The third-order valence-corrected chi connectivity index (χ3v) is 3.46. The van der Waals surface area contributed by atoms with E-state index in [-0.39, 0.29) is 12.3 Å². The smallest absolute Gasteiger partial charge is 0.305 e. The summed E-state index contributed by atoms with van der Waals surface area (Å²) < 4.78 is 0. The molecule has 92 valence electrons. The lowest BCUT2D eigenvalue weighted by Gasteiger charge is -2.30. The van der Waals surface area contributed by atoms with Crippen molar-refractivity contribution in [2.45, 2.75) is 57.9 Å². The molecule has 0 aliphatic heterocycles. The van der Waals surface area contributed by atoms with Crippen LogP contribution in [0.15, 0.2) is 0 Å². The van der Waals surface area contributed by atoms with Gasteiger partial charge in [0.15, 0.2) is 0 Å². The van der Waals surface area contributed by atoms with E-state index in [9.17, 15) is 9.59 Å². The van der Waals surface area contributed by atoms with Gasteiger partial charge >= 0.3 is 5.97 Å². The molecule has 4 heteroatoms. The first-order valence-electron chi connectivity index (χ1n) is 5.98. The highest BCUT2D eigenvalue weighted by atomic mass is 16.4. The van der Waals surface area contributed by atoms with Gasteiger partial charge in [0, 0.05) is 12.0 Å².